The average molecular weight is 475 g/mol. The number of amides is 1. The first-order valence-corrected chi connectivity index (χ1v) is 10.8. The molecule has 31 heavy (non-hydrogen) atoms. The molecule has 1 amide bonds. The SMILES string of the molecule is COc1ccc(-c2cc(C(=O)Nc3ccc(Br)cc3C)c3cc(C)cc(C)c3n2)cc1. The van der Waals surface area contributed by atoms with Crippen LogP contribution < -0.4 is 10.1 Å². The van der Waals surface area contributed by atoms with Gasteiger partial charge in [0.1, 0.15) is 5.75 Å². The molecule has 0 aliphatic rings. The Morgan fingerprint density at radius 1 is 0.935 bits per heavy atom. The zero-order valence-corrected chi connectivity index (χ0v) is 19.5. The summed E-state index contributed by atoms with van der Waals surface area (Å²) in [5, 5.41) is 3.92. The van der Waals surface area contributed by atoms with Crippen molar-refractivity contribution in [3.63, 3.8) is 0 Å². The first-order valence-electron chi connectivity index (χ1n) is 9.99. The second-order valence-electron chi connectivity index (χ2n) is 7.67. The maximum Gasteiger partial charge on any atom is 0.256 e. The Morgan fingerprint density at radius 3 is 2.35 bits per heavy atom. The van der Waals surface area contributed by atoms with Crippen LogP contribution in [-0.4, -0.2) is 18.0 Å². The van der Waals surface area contributed by atoms with Gasteiger partial charge in [0.05, 0.1) is 23.9 Å². The van der Waals surface area contributed by atoms with E-state index in [0.717, 1.165) is 54.8 Å². The molecule has 5 heteroatoms. The molecule has 0 aliphatic carbocycles. The Morgan fingerprint density at radius 2 is 1.68 bits per heavy atom. The molecule has 0 fully saturated rings. The molecule has 0 atom stereocenters. The normalized spacial score (nSPS) is 10.9. The van der Waals surface area contributed by atoms with Crippen LogP contribution in [0.4, 0.5) is 5.69 Å². The van der Waals surface area contributed by atoms with Gasteiger partial charge in [0.25, 0.3) is 5.91 Å². The van der Waals surface area contributed by atoms with Gasteiger partial charge < -0.3 is 10.1 Å². The van der Waals surface area contributed by atoms with Gasteiger partial charge in [-0.3, -0.25) is 4.79 Å². The van der Waals surface area contributed by atoms with Crippen LogP contribution in [0.1, 0.15) is 27.0 Å². The van der Waals surface area contributed by atoms with Gasteiger partial charge in [-0.15, -0.1) is 0 Å². The largest absolute Gasteiger partial charge is 0.497 e. The topological polar surface area (TPSA) is 51.2 Å². The van der Waals surface area contributed by atoms with Gasteiger partial charge in [-0.1, -0.05) is 27.6 Å². The molecule has 4 aromatic rings. The third-order valence-corrected chi connectivity index (χ3v) is 5.81. The molecule has 1 N–H and O–H groups in total. The minimum Gasteiger partial charge on any atom is -0.497 e. The fraction of sp³-hybridized carbons (Fsp3) is 0.154. The van der Waals surface area contributed by atoms with Crippen molar-refractivity contribution in [2.24, 2.45) is 0 Å². The standard InChI is InChI=1S/C26H23BrN2O2/c1-15-11-17(3)25-21(12-15)22(26(30)29-23-10-7-19(27)13-16(23)2)14-24(28-25)18-5-8-20(31-4)9-6-18/h5-14H,1-4H3,(H,29,30). The van der Waals surface area contributed by atoms with Crippen molar-refractivity contribution in [2.45, 2.75) is 20.8 Å². The van der Waals surface area contributed by atoms with Crippen LogP contribution in [-0.2, 0) is 0 Å². The number of halogens is 1. The number of benzene rings is 3. The smallest absolute Gasteiger partial charge is 0.256 e. The predicted molar refractivity (Wildman–Crippen MR) is 130 cm³/mol. The number of ether oxygens (including phenoxy) is 1. The molecule has 3 aromatic carbocycles. The number of nitrogens with zero attached hydrogens (tertiary/aromatic N) is 1. The van der Waals surface area contributed by atoms with E-state index in [-0.39, 0.29) is 5.91 Å². The molecule has 0 spiro atoms. The number of nitrogens with one attached hydrogen (secondary N) is 1. The number of rotatable bonds is 4. The number of carbonyl (C=O) groups excluding carboxylic acids is 1. The number of methoxy groups -OCH3 is 1. The number of carbonyl (C=O) groups is 1. The van der Waals surface area contributed by atoms with E-state index in [2.05, 4.69) is 27.3 Å². The summed E-state index contributed by atoms with van der Waals surface area (Å²) in [5.41, 5.74) is 7.02. The van der Waals surface area contributed by atoms with E-state index in [1.165, 1.54) is 0 Å². The van der Waals surface area contributed by atoms with Crippen LogP contribution in [0.5, 0.6) is 5.75 Å². The summed E-state index contributed by atoms with van der Waals surface area (Å²) in [6.45, 7) is 6.03. The molecule has 0 bridgehead atoms. The highest BCUT2D eigenvalue weighted by atomic mass is 79.9. The van der Waals surface area contributed by atoms with Gasteiger partial charge in [0.15, 0.2) is 0 Å². The van der Waals surface area contributed by atoms with Gasteiger partial charge in [0, 0.05) is 21.1 Å². The zero-order chi connectivity index (χ0) is 22.1. The van der Waals surface area contributed by atoms with E-state index < -0.39 is 0 Å². The second-order valence-corrected chi connectivity index (χ2v) is 8.59. The molecule has 4 rings (SSSR count). The van der Waals surface area contributed by atoms with Gasteiger partial charge in [-0.05, 0) is 86.5 Å². The number of pyridine rings is 1. The summed E-state index contributed by atoms with van der Waals surface area (Å²) in [7, 11) is 1.64. The summed E-state index contributed by atoms with van der Waals surface area (Å²) in [4.78, 5) is 18.3. The van der Waals surface area contributed by atoms with Crippen molar-refractivity contribution in [1.82, 2.24) is 4.98 Å². The van der Waals surface area contributed by atoms with E-state index >= 15 is 0 Å². The molecule has 0 saturated heterocycles. The third kappa shape index (κ3) is 4.32. The predicted octanol–water partition coefficient (Wildman–Crippen LogP) is 6.85. The Balaban J connectivity index is 1.86. The van der Waals surface area contributed by atoms with E-state index in [9.17, 15) is 4.79 Å². The van der Waals surface area contributed by atoms with Crippen molar-refractivity contribution in [1.29, 1.82) is 0 Å². The number of aryl methyl sites for hydroxylation is 3. The van der Waals surface area contributed by atoms with Crippen LogP contribution in [0.25, 0.3) is 22.2 Å². The quantitative estimate of drug-likeness (QED) is 0.351. The molecule has 0 saturated carbocycles. The lowest BCUT2D eigenvalue weighted by Gasteiger charge is -2.14. The zero-order valence-electron chi connectivity index (χ0n) is 17.9. The minimum absolute atomic E-state index is 0.155. The first-order chi connectivity index (χ1) is 14.9. The fourth-order valence-corrected chi connectivity index (χ4v) is 4.21. The highest BCUT2D eigenvalue weighted by Gasteiger charge is 2.17. The summed E-state index contributed by atoms with van der Waals surface area (Å²) in [6.07, 6.45) is 0. The van der Waals surface area contributed by atoms with Gasteiger partial charge in [0.2, 0.25) is 0 Å². The fourth-order valence-electron chi connectivity index (χ4n) is 3.74. The van der Waals surface area contributed by atoms with Crippen LogP contribution in [0.15, 0.2) is 65.1 Å². The van der Waals surface area contributed by atoms with Crippen LogP contribution >= 0.6 is 15.9 Å². The molecule has 156 valence electrons. The third-order valence-electron chi connectivity index (χ3n) is 5.32. The number of fused-ring (bicyclic) bond motifs is 1. The average Bonchev–Trinajstić information content (AvgIpc) is 2.75. The molecule has 0 unspecified atom stereocenters. The van der Waals surface area contributed by atoms with Crippen molar-refractivity contribution < 1.29 is 9.53 Å². The van der Waals surface area contributed by atoms with Crippen LogP contribution in [0.3, 0.4) is 0 Å². The number of hydrogen-bond acceptors (Lipinski definition) is 3. The molecule has 0 radical (unpaired) electrons. The Hall–Kier alpha value is -3.18. The molecule has 4 nitrogen and oxygen atoms in total. The Bertz CT molecular complexity index is 1300. The van der Waals surface area contributed by atoms with Gasteiger partial charge in [-0.2, -0.15) is 0 Å². The maximum absolute atomic E-state index is 13.4. The highest BCUT2D eigenvalue weighted by molar-refractivity contribution is 9.10. The second kappa shape index (κ2) is 8.52. The van der Waals surface area contributed by atoms with Crippen molar-refractivity contribution in [3.05, 3.63) is 87.4 Å². The first kappa shape index (κ1) is 21.1. The van der Waals surface area contributed by atoms with E-state index in [0.29, 0.717) is 5.56 Å². The summed E-state index contributed by atoms with van der Waals surface area (Å²) < 4.78 is 6.24. The molecule has 1 heterocycles. The molecule has 0 aliphatic heterocycles. The number of anilines is 1. The summed E-state index contributed by atoms with van der Waals surface area (Å²) >= 11 is 3.47. The van der Waals surface area contributed by atoms with Crippen molar-refractivity contribution in [3.8, 4) is 17.0 Å². The maximum atomic E-state index is 13.4. The van der Waals surface area contributed by atoms with E-state index in [4.69, 9.17) is 9.72 Å². The lowest BCUT2D eigenvalue weighted by molar-refractivity contribution is 0.102. The summed E-state index contributed by atoms with van der Waals surface area (Å²) in [5.74, 6) is 0.623. The van der Waals surface area contributed by atoms with Crippen LogP contribution in [0, 0.1) is 20.8 Å². The molecular weight excluding hydrogens is 452 g/mol. The Labute approximate surface area is 190 Å². The Kier molecular flexibility index (Phi) is 5.79. The summed E-state index contributed by atoms with van der Waals surface area (Å²) in [6, 6.07) is 19.5. The van der Waals surface area contributed by atoms with Crippen molar-refractivity contribution >= 4 is 38.4 Å². The van der Waals surface area contributed by atoms with Crippen molar-refractivity contribution in [2.75, 3.05) is 12.4 Å². The van der Waals surface area contributed by atoms with Crippen LogP contribution in [0.2, 0.25) is 0 Å². The highest BCUT2D eigenvalue weighted by Crippen LogP contribution is 2.30. The van der Waals surface area contributed by atoms with E-state index in [1.54, 1.807) is 7.11 Å². The number of hydrogen-bond donors (Lipinski definition) is 1. The number of aromatic nitrogens is 1. The molecular formula is C26H23BrN2O2. The minimum atomic E-state index is -0.155. The van der Waals surface area contributed by atoms with Gasteiger partial charge >= 0.3 is 0 Å². The lowest BCUT2D eigenvalue weighted by Crippen LogP contribution is -2.14. The van der Waals surface area contributed by atoms with Gasteiger partial charge in [-0.25, -0.2) is 4.98 Å². The lowest BCUT2D eigenvalue weighted by atomic mass is 9.99. The monoisotopic (exact) mass is 474 g/mol. The van der Waals surface area contributed by atoms with E-state index in [1.807, 2.05) is 75.4 Å². The molecule has 1 aromatic heterocycles.